The Labute approximate surface area is 305 Å². The zero-order valence-corrected chi connectivity index (χ0v) is 29.7. The van der Waals surface area contributed by atoms with Gasteiger partial charge in [-0.05, 0) is 54.9 Å². The highest BCUT2D eigenvalue weighted by atomic mass is 35.5. The molecular formula is C34H35ClF3N9O6. The van der Waals surface area contributed by atoms with Crippen LogP contribution in [0.2, 0.25) is 5.02 Å². The summed E-state index contributed by atoms with van der Waals surface area (Å²) in [4.78, 5) is 54.5. The topological polar surface area (TPSA) is 179 Å². The molecule has 3 heterocycles. The molecule has 53 heavy (non-hydrogen) atoms. The van der Waals surface area contributed by atoms with Crippen LogP contribution >= 0.6 is 11.6 Å². The van der Waals surface area contributed by atoms with Crippen LogP contribution in [0.1, 0.15) is 64.1 Å². The summed E-state index contributed by atoms with van der Waals surface area (Å²) in [6, 6.07) is 10.1. The number of alkyl halides is 3. The lowest BCUT2D eigenvalue weighted by atomic mass is 9.75. The van der Waals surface area contributed by atoms with Crippen molar-refractivity contribution in [3.05, 3.63) is 77.7 Å². The van der Waals surface area contributed by atoms with E-state index in [1.165, 1.54) is 29.8 Å². The van der Waals surface area contributed by atoms with Gasteiger partial charge in [0.25, 0.3) is 5.91 Å². The van der Waals surface area contributed by atoms with Crippen LogP contribution in [0.4, 0.5) is 22.8 Å². The molecule has 2 aliphatic rings. The molecular weight excluding hydrogens is 723 g/mol. The second kappa shape index (κ2) is 14.1. The number of ether oxygens (including phenoxy) is 2. The molecule has 2 N–H and O–H groups in total. The van der Waals surface area contributed by atoms with Crippen molar-refractivity contribution in [2.45, 2.75) is 70.3 Å². The van der Waals surface area contributed by atoms with Crippen molar-refractivity contribution < 1.29 is 41.6 Å². The van der Waals surface area contributed by atoms with Gasteiger partial charge in [0.05, 0.1) is 23.4 Å². The van der Waals surface area contributed by atoms with Gasteiger partial charge in [0.15, 0.2) is 0 Å². The van der Waals surface area contributed by atoms with E-state index in [0.29, 0.717) is 28.2 Å². The lowest BCUT2D eigenvalue weighted by Crippen LogP contribution is -2.49. The van der Waals surface area contributed by atoms with Crippen molar-refractivity contribution in [2.24, 2.45) is 10.4 Å². The Morgan fingerprint density at radius 2 is 1.87 bits per heavy atom. The molecule has 2 atom stereocenters. The third-order valence-corrected chi connectivity index (χ3v) is 9.05. The number of aromatic nitrogens is 5. The first-order chi connectivity index (χ1) is 25.1. The van der Waals surface area contributed by atoms with E-state index in [2.05, 4.69) is 30.5 Å². The monoisotopic (exact) mass is 757 g/mol. The molecule has 280 valence electrons. The molecule has 1 saturated carbocycles. The predicted molar refractivity (Wildman–Crippen MR) is 182 cm³/mol. The van der Waals surface area contributed by atoms with Crippen molar-refractivity contribution >= 4 is 35.7 Å². The fraction of sp³-hybridized carbons (Fsp3) is 0.412. The minimum Gasteiger partial charge on any atom is -0.448 e. The number of guanidine groups is 1. The number of hydrogen-bond donors (Lipinski definition) is 2. The summed E-state index contributed by atoms with van der Waals surface area (Å²) < 4.78 is 58.0. The lowest BCUT2D eigenvalue weighted by molar-refractivity contribution is -0.164. The summed E-state index contributed by atoms with van der Waals surface area (Å²) in [5.74, 6) is -0.540. The third-order valence-electron chi connectivity index (χ3n) is 8.73. The normalized spacial score (nSPS) is 19.5. The van der Waals surface area contributed by atoms with Gasteiger partial charge in [0.1, 0.15) is 30.3 Å². The molecule has 2 aromatic carbocycles. The minimum atomic E-state index is -4.70. The summed E-state index contributed by atoms with van der Waals surface area (Å²) in [7, 11) is 0. The maximum absolute atomic E-state index is 15.2. The Balaban J connectivity index is 1.47. The van der Waals surface area contributed by atoms with E-state index in [-0.39, 0.29) is 36.9 Å². The predicted octanol–water partition coefficient (Wildman–Crippen LogP) is 6.11. The number of alkyl carbamates (subject to hydrolysis) is 1. The molecule has 3 amide bonds. The summed E-state index contributed by atoms with van der Waals surface area (Å²) in [6.07, 6.45) is -3.67. The first-order valence-electron chi connectivity index (χ1n) is 16.5. The van der Waals surface area contributed by atoms with Crippen LogP contribution < -0.4 is 10.6 Å². The van der Waals surface area contributed by atoms with Crippen molar-refractivity contribution in [3.63, 3.8) is 0 Å². The highest BCUT2D eigenvalue weighted by molar-refractivity contribution is 6.32. The van der Waals surface area contributed by atoms with E-state index in [4.69, 9.17) is 25.6 Å². The Morgan fingerprint density at radius 1 is 1.13 bits per heavy atom. The van der Waals surface area contributed by atoms with Gasteiger partial charge in [-0.3, -0.25) is 9.69 Å². The van der Waals surface area contributed by atoms with E-state index in [1.54, 1.807) is 43.3 Å². The first kappa shape index (κ1) is 37.2. The van der Waals surface area contributed by atoms with Crippen molar-refractivity contribution in [3.8, 4) is 17.1 Å². The number of nitrogens with one attached hydrogen (secondary N) is 2. The van der Waals surface area contributed by atoms with Crippen LogP contribution in [0.15, 0.2) is 71.0 Å². The molecule has 19 heteroatoms. The number of rotatable bonds is 10. The van der Waals surface area contributed by atoms with Crippen LogP contribution in [-0.4, -0.2) is 78.8 Å². The largest absolute Gasteiger partial charge is 0.448 e. The number of nitrogens with zero attached hydrogens (tertiary/aromatic N) is 7. The van der Waals surface area contributed by atoms with Crippen molar-refractivity contribution in [1.29, 1.82) is 0 Å². The van der Waals surface area contributed by atoms with Crippen LogP contribution in [0.3, 0.4) is 0 Å². The molecule has 0 bridgehead atoms. The SMILES string of the molecule is CCOC(=O)N=C1N[C@](CC(C)(C)C)(c2ccc(-c3ncon3)cc2)C(=O)N1C(COC(=O)NC1(C(F)(F)F)CC1)c1ccc(Cl)c(-n2cncn2)c1. The minimum absolute atomic E-state index is 0.0274. The smallest absolute Gasteiger partial charge is 0.436 e. The van der Waals surface area contributed by atoms with Crippen LogP contribution in [0, 0.1) is 5.41 Å². The Hall–Kier alpha value is -5.52. The number of benzene rings is 2. The molecule has 1 unspecified atom stereocenters. The molecule has 1 aliphatic heterocycles. The fourth-order valence-electron chi connectivity index (χ4n) is 6.19. The van der Waals surface area contributed by atoms with Crippen molar-refractivity contribution in [2.75, 3.05) is 13.2 Å². The Bertz CT molecular complexity index is 2000. The molecule has 0 radical (unpaired) electrons. The molecule has 2 aromatic heterocycles. The molecule has 1 saturated heterocycles. The molecule has 0 spiro atoms. The van der Waals surface area contributed by atoms with Crippen LogP contribution in [0.5, 0.6) is 0 Å². The standard InChI is InChI=1S/C34H35ClF3N9O6/c1-5-51-29(49)42-28-43-33(16-31(2,3)4,22-9-6-20(7-10-22)26-40-19-53-45-26)27(48)47(28)25(15-52-30(50)44-32(12-13-32)34(36,37)38)21-8-11-23(35)24(14-21)46-18-39-17-41-46/h6-11,14,17-19,25H,5,12-13,15-16H2,1-4H3,(H,44,50)(H,42,43,49)/t25?,33-/m1/s1. The van der Waals surface area contributed by atoms with Gasteiger partial charge in [-0.15, -0.1) is 4.99 Å². The number of aliphatic imine (C=N–C) groups is 1. The van der Waals surface area contributed by atoms with E-state index in [9.17, 15) is 22.8 Å². The summed E-state index contributed by atoms with van der Waals surface area (Å²) >= 11 is 6.53. The van der Waals surface area contributed by atoms with E-state index < -0.39 is 53.4 Å². The first-order valence-corrected chi connectivity index (χ1v) is 16.8. The molecule has 1 aliphatic carbocycles. The number of carbonyl (C=O) groups excluding carboxylic acids is 3. The van der Waals surface area contributed by atoms with Gasteiger partial charge in [0, 0.05) is 5.56 Å². The number of hydrogen-bond acceptors (Lipinski definition) is 10. The number of halogens is 4. The molecule has 6 rings (SSSR count). The number of carbonyl (C=O) groups is 3. The van der Waals surface area contributed by atoms with Gasteiger partial charge >= 0.3 is 18.4 Å². The molecule has 4 aromatic rings. The van der Waals surface area contributed by atoms with E-state index in [0.717, 1.165) is 4.90 Å². The average molecular weight is 758 g/mol. The van der Waals surface area contributed by atoms with E-state index >= 15 is 4.79 Å². The molecule has 15 nitrogen and oxygen atoms in total. The zero-order chi connectivity index (χ0) is 38.2. The highest BCUT2D eigenvalue weighted by Gasteiger charge is 2.65. The lowest BCUT2D eigenvalue weighted by Gasteiger charge is -2.35. The van der Waals surface area contributed by atoms with Crippen LogP contribution in [0.25, 0.3) is 17.1 Å². The van der Waals surface area contributed by atoms with Gasteiger partial charge in [0.2, 0.25) is 18.2 Å². The van der Waals surface area contributed by atoms with Gasteiger partial charge in [-0.1, -0.05) is 67.9 Å². The second-order valence-corrected chi connectivity index (χ2v) is 14.2. The summed E-state index contributed by atoms with van der Waals surface area (Å²) in [5, 5.41) is 13.4. The average Bonchev–Trinajstić information content (AvgIpc) is 3.43. The summed E-state index contributed by atoms with van der Waals surface area (Å²) in [5.41, 5.74) is -2.80. The van der Waals surface area contributed by atoms with Crippen molar-refractivity contribution in [1.82, 2.24) is 40.4 Å². The maximum atomic E-state index is 15.2. The van der Waals surface area contributed by atoms with Crippen LogP contribution in [-0.2, 0) is 19.8 Å². The Morgan fingerprint density at radius 3 is 2.45 bits per heavy atom. The maximum Gasteiger partial charge on any atom is 0.436 e. The Kier molecular flexibility index (Phi) is 9.93. The molecule has 2 fully saturated rings. The number of amides is 3. The van der Waals surface area contributed by atoms with E-state index in [1.807, 2.05) is 26.1 Å². The third kappa shape index (κ3) is 7.67. The van der Waals surface area contributed by atoms with Gasteiger partial charge in [-0.2, -0.15) is 23.3 Å². The zero-order valence-electron chi connectivity index (χ0n) is 29.0. The highest BCUT2D eigenvalue weighted by Crippen LogP contribution is 2.49. The summed E-state index contributed by atoms with van der Waals surface area (Å²) in [6.45, 7) is 6.65. The quantitative estimate of drug-likeness (QED) is 0.191. The second-order valence-electron chi connectivity index (χ2n) is 13.8. The fourth-order valence-corrected chi connectivity index (χ4v) is 6.39. The van der Waals surface area contributed by atoms with Gasteiger partial charge in [-0.25, -0.2) is 19.3 Å². The van der Waals surface area contributed by atoms with Gasteiger partial charge < -0.3 is 24.6 Å².